The molecule has 158 valence electrons. The number of aromatic nitrogens is 2. The lowest BCUT2D eigenvalue weighted by atomic mass is 10.2. The number of carbonyl (C=O) groups excluding carboxylic acids is 1. The van der Waals surface area contributed by atoms with Gasteiger partial charge in [-0.3, -0.25) is 4.79 Å². The molecule has 0 saturated carbocycles. The van der Waals surface area contributed by atoms with E-state index in [-0.39, 0.29) is 10.8 Å². The summed E-state index contributed by atoms with van der Waals surface area (Å²) in [6.45, 7) is 4.78. The van der Waals surface area contributed by atoms with Crippen LogP contribution in [0.4, 0.5) is 0 Å². The van der Waals surface area contributed by atoms with Crippen LogP contribution in [-0.2, 0) is 28.4 Å². The Morgan fingerprint density at radius 3 is 2.40 bits per heavy atom. The molecule has 8 heteroatoms. The van der Waals surface area contributed by atoms with Crippen molar-refractivity contribution in [2.75, 3.05) is 13.1 Å². The summed E-state index contributed by atoms with van der Waals surface area (Å²) in [6, 6.07) is 14.3. The fourth-order valence-electron chi connectivity index (χ4n) is 3.21. The predicted octanol–water partition coefficient (Wildman–Crippen LogP) is 2.93. The zero-order valence-corrected chi connectivity index (χ0v) is 18.2. The molecule has 2 aromatic carbocycles. The van der Waals surface area contributed by atoms with Gasteiger partial charge in [-0.25, -0.2) is 13.4 Å². The second kappa shape index (κ2) is 9.23. The molecule has 0 bridgehead atoms. The van der Waals surface area contributed by atoms with Crippen molar-refractivity contribution in [3.63, 3.8) is 0 Å². The third-order valence-corrected chi connectivity index (χ3v) is 7.02. The molecule has 0 radical (unpaired) electrons. The lowest BCUT2D eigenvalue weighted by molar-refractivity contribution is -0.116. The van der Waals surface area contributed by atoms with Crippen LogP contribution in [0.2, 0.25) is 0 Å². The van der Waals surface area contributed by atoms with Crippen molar-refractivity contribution >= 4 is 33.0 Å². The van der Waals surface area contributed by atoms with Crippen LogP contribution >= 0.6 is 0 Å². The third kappa shape index (κ3) is 4.60. The van der Waals surface area contributed by atoms with Gasteiger partial charge >= 0.3 is 0 Å². The van der Waals surface area contributed by atoms with Crippen molar-refractivity contribution in [3.8, 4) is 0 Å². The molecule has 1 aromatic heterocycles. The van der Waals surface area contributed by atoms with Crippen LogP contribution in [0.25, 0.3) is 17.1 Å². The number of sulfonamides is 1. The normalized spacial score (nSPS) is 12.1. The van der Waals surface area contributed by atoms with E-state index in [4.69, 9.17) is 0 Å². The van der Waals surface area contributed by atoms with Crippen molar-refractivity contribution in [2.45, 2.75) is 25.3 Å². The van der Waals surface area contributed by atoms with E-state index in [0.29, 0.717) is 19.6 Å². The summed E-state index contributed by atoms with van der Waals surface area (Å²) in [6.07, 6.45) is 3.08. The van der Waals surface area contributed by atoms with Crippen molar-refractivity contribution < 1.29 is 13.2 Å². The molecule has 7 nitrogen and oxygen atoms in total. The van der Waals surface area contributed by atoms with E-state index in [1.807, 2.05) is 49.7 Å². The molecular weight excluding hydrogens is 400 g/mol. The highest BCUT2D eigenvalue weighted by Gasteiger charge is 2.20. The second-order valence-electron chi connectivity index (χ2n) is 6.79. The summed E-state index contributed by atoms with van der Waals surface area (Å²) < 4.78 is 28.4. The smallest absolute Gasteiger partial charge is 0.244 e. The molecular formula is C22H26N4O3S. The first-order valence-corrected chi connectivity index (χ1v) is 11.3. The highest BCUT2D eigenvalue weighted by molar-refractivity contribution is 7.89. The quantitative estimate of drug-likeness (QED) is 0.562. The van der Waals surface area contributed by atoms with Crippen LogP contribution in [0.1, 0.15) is 25.2 Å². The minimum Gasteiger partial charge on any atom is -0.345 e. The number of benzene rings is 2. The minimum absolute atomic E-state index is 0.245. The number of amides is 1. The molecule has 3 aromatic rings. The van der Waals surface area contributed by atoms with Gasteiger partial charge in [0.1, 0.15) is 5.82 Å². The predicted molar refractivity (Wildman–Crippen MR) is 118 cm³/mol. The van der Waals surface area contributed by atoms with Crippen molar-refractivity contribution in [2.24, 2.45) is 7.05 Å². The standard InChI is InChI=1S/C22H26N4O3S/c1-4-26(5-2)30(28,29)18-13-10-17(11-14-18)12-15-22(27)23-16-21-24-19-8-6-7-9-20(19)25(21)3/h6-15H,4-5,16H2,1-3H3,(H,23,27)/b15-12+. The lowest BCUT2D eigenvalue weighted by Crippen LogP contribution is -2.30. The molecule has 0 fully saturated rings. The van der Waals surface area contributed by atoms with E-state index in [9.17, 15) is 13.2 Å². The second-order valence-corrected chi connectivity index (χ2v) is 8.72. The maximum atomic E-state index is 12.5. The van der Waals surface area contributed by atoms with Gasteiger partial charge in [0.15, 0.2) is 0 Å². The number of rotatable bonds is 8. The number of nitrogens with one attached hydrogen (secondary N) is 1. The van der Waals surface area contributed by atoms with E-state index < -0.39 is 10.0 Å². The van der Waals surface area contributed by atoms with Gasteiger partial charge in [0.05, 0.1) is 22.5 Å². The molecule has 0 aliphatic carbocycles. The van der Waals surface area contributed by atoms with Crippen molar-refractivity contribution in [1.29, 1.82) is 0 Å². The van der Waals surface area contributed by atoms with Gasteiger partial charge in [0, 0.05) is 26.2 Å². The summed E-state index contributed by atoms with van der Waals surface area (Å²) in [5.74, 6) is 0.519. The fourth-order valence-corrected chi connectivity index (χ4v) is 4.67. The Morgan fingerprint density at radius 1 is 1.10 bits per heavy atom. The lowest BCUT2D eigenvalue weighted by Gasteiger charge is -2.18. The van der Waals surface area contributed by atoms with E-state index in [1.165, 1.54) is 10.4 Å². The molecule has 0 aliphatic rings. The van der Waals surface area contributed by atoms with E-state index in [0.717, 1.165) is 22.4 Å². The van der Waals surface area contributed by atoms with Gasteiger partial charge in [0.2, 0.25) is 15.9 Å². The van der Waals surface area contributed by atoms with Crippen LogP contribution < -0.4 is 5.32 Å². The minimum atomic E-state index is -3.48. The molecule has 0 atom stereocenters. The Labute approximate surface area is 177 Å². The number of imidazole rings is 1. The molecule has 0 saturated heterocycles. The summed E-state index contributed by atoms with van der Waals surface area (Å²) in [4.78, 5) is 16.9. The van der Waals surface area contributed by atoms with E-state index >= 15 is 0 Å². The first kappa shape index (κ1) is 21.7. The van der Waals surface area contributed by atoms with Crippen LogP contribution in [0.15, 0.2) is 59.5 Å². The maximum Gasteiger partial charge on any atom is 0.244 e. The molecule has 1 N–H and O–H groups in total. The van der Waals surface area contributed by atoms with Gasteiger partial charge in [0.25, 0.3) is 0 Å². The Hall–Kier alpha value is -2.97. The number of nitrogens with zero attached hydrogens (tertiary/aromatic N) is 3. The fraction of sp³-hybridized carbons (Fsp3) is 0.273. The van der Waals surface area contributed by atoms with Gasteiger partial charge in [-0.2, -0.15) is 4.31 Å². The maximum absolute atomic E-state index is 12.5. The third-order valence-electron chi connectivity index (χ3n) is 4.95. The van der Waals surface area contributed by atoms with Crippen LogP contribution in [-0.4, -0.2) is 41.3 Å². The Bertz CT molecular complexity index is 1160. The number of hydrogen-bond acceptors (Lipinski definition) is 4. The van der Waals surface area contributed by atoms with Gasteiger partial charge < -0.3 is 9.88 Å². The van der Waals surface area contributed by atoms with Crippen LogP contribution in [0, 0.1) is 0 Å². The largest absolute Gasteiger partial charge is 0.345 e. The topological polar surface area (TPSA) is 84.3 Å². The summed E-state index contributed by atoms with van der Waals surface area (Å²) in [5.41, 5.74) is 2.64. The molecule has 0 aliphatic heterocycles. The van der Waals surface area contributed by atoms with Gasteiger partial charge in [-0.05, 0) is 35.9 Å². The molecule has 3 rings (SSSR count). The van der Waals surface area contributed by atoms with Crippen LogP contribution in [0.5, 0.6) is 0 Å². The Morgan fingerprint density at radius 2 is 1.77 bits per heavy atom. The number of fused-ring (bicyclic) bond motifs is 1. The molecule has 1 heterocycles. The number of carbonyl (C=O) groups is 1. The molecule has 0 unspecified atom stereocenters. The summed E-state index contributed by atoms with van der Waals surface area (Å²) >= 11 is 0. The zero-order chi connectivity index (χ0) is 21.7. The Kier molecular flexibility index (Phi) is 6.69. The van der Waals surface area contributed by atoms with Crippen molar-refractivity contribution in [1.82, 2.24) is 19.2 Å². The van der Waals surface area contributed by atoms with E-state index in [1.54, 1.807) is 30.3 Å². The van der Waals surface area contributed by atoms with Crippen LogP contribution in [0.3, 0.4) is 0 Å². The summed E-state index contributed by atoms with van der Waals surface area (Å²) in [5, 5.41) is 2.83. The average Bonchev–Trinajstić information content (AvgIpc) is 3.07. The van der Waals surface area contributed by atoms with Gasteiger partial charge in [-0.1, -0.05) is 38.1 Å². The number of para-hydroxylation sites is 2. The average molecular weight is 427 g/mol. The molecule has 0 spiro atoms. The SMILES string of the molecule is CCN(CC)S(=O)(=O)c1ccc(/C=C/C(=O)NCc2nc3ccccc3n2C)cc1. The van der Waals surface area contributed by atoms with Gasteiger partial charge in [-0.15, -0.1) is 0 Å². The molecule has 30 heavy (non-hydrogen) atoms. The monoisotopic (exact) mass is 426 g/mol. The highest BCUT2D eigenvalue weighted by Crippen LogP contribution is 2.17. The number of aryl methyl sites for hydroxylation is 1. The first-order chi connectivity index (χ1) is 14.4. The highest BCUT2D eigenvalue weighted by atomic mass is 32.2. The van der Waals surface area contributed by atoms with Crippen molar-refractivity contribution in [3.05, 3.63) is 66.0 Å². The molecule has 1 amide bonds. The number of hydrogen-bond donors (Lipinski definition) is 1. The Balaban J connectivity index is 1.62. The zero-order valence-electron chi connectivity index (χ0n) is 17.4. The first-order valence-electron chi connectivity index (χ1n) is 9.83. The summed E-state index contributed by atoms with van der Waals surface area (Å²) in [7, 11) is -1.57. The van der Waals surface area contributed by atoms with E-state index in [2.05, 4.69) is 10.3 Å².